The second-order valence-corrected chi connectivity index (χ2v) is 7.50. The lowest BCUT2D eigenvalue weighted by Crippen LogP contribution is -2.46. The predicted molar refractivity (Wildman–Crippen MR) is 88.9 cm³/mol. The molecule has 1 aromatic heterocycles. The Morgan fingerprint density at radius 3 is 2.76 bits per heavy atom. The van der Waals surface area contributed by atoms with Gasteiger partial charge >= 0.3 is 0 Å². The number of ether oxygens (including phenoxy) is 1. The zero-order valence-corrected chi connectivity index (χ0v) is 13.9. The molecule has 2 heterocycles. The Bertz CT molecular complexity index is 397. The molecule has 1 saturated carbocycles. The fourth-order valence-corrected chi connectivity index (χ4v) is 4.62. The first-order valence-corrected chi connectivity index (χ1v) is 9.30. The molecule has 2 unspecified atom stereocenters. The van der Waals surface area contributed by atoms with E-state index < -0.39 is 0 Å². The molecule has 0 radical (unpaired) electrons. The summed E-state index contributed by atoms with van der Waals surface area (Å²) in [6.45, 7) is 7.43. The minimum Gasteiger partial charge on any atom is -0.379 e. The molecule has 118 valence electrons. The van der Waals surface area contributed by atoms with Gasteiger partial charge in [-0.25, -0.2) is 0 Å². The van der Waals surface area contributed by atoms with Crippen LogP contribution in [0.5, 0.6) is 0 Å². The van der Waals surface area contributed by atoms with Crippen LogP contribution in [-0.4, -0.2) is 43.8 Å². The van der Waals surface area contributed by atoms with Crippen molar-refractivity contribution in [2.45, 2.75) is 44.7 Å². The normalized spacial score (nSPS) is 24.2. The summed E-state index contributed by atoms with van der Waals surface area (Å²) in [6.07, 6.45) is 5.60. The van der Waals surface area contributed by atoms with E-state index in [4.69, 9.17) is 4.74 Å². The van der Waals surface area contributed by atoms with E-state index in [2.05, 4.69) is 34.7 Å². The van der Waals surface area contributed by atoms with E-state index in [1.807, 2.05) is 11.3 Å². The molecular weight excluding hydrogens is 280 g/mol. The molecule has 0 amide bonds. The van der Waals surface area contributed by atoms with Gasteiger partial charge in [0.25, 0.3) is 0 Å². The van der Waals surface area contributed by atoms with E-state index >= 15 is 0 Å². The van der Waals surface area contributed by atoms with Gasteiger partial charge in [0.15, 0.2) is 0 Å². The first-order chi connectivity index (χ1) is 10.3. The summed E-state index contributed by atoms with van der Waals surface area (Å²) in [4.78, 5) is 4.05. The van der Waals surface area contributed by atoms with Crippen LogP contribution in [0.4, 0.5) is 0 Å². The van der Waals surface area contributed by atoms with Gasteiger partial charge in [-0.3, -0.25) is 4.90 Å². The van der Waals surface area contributed by atoms with Crippen LogP contribution in [0.3, 0.4) is 0 Å². The lowest BCUT2D eigenvalue weighted by molar-refractivity contribution is 0.0334. The first kappa shape index (κ1) is 15.5. The van der Waals surface area contributed by atoms with Gasteiger partial charge in [-0.2, -0.15) is 0 Å². The molecule has 3 rings (SSSR count). The summed E-state index contributed by atoms with van der Waals surface area (Å²) < 4.78 is 5.44. The van der Waals surface area contributed by atoms with Crippen molar-refractivity contribution < 1.29 is 4.74 Å². The minimum absolute atomic E-state index is 0.538. The molecule has 3 nitrogen and oxygen atoms in total. The maximum atomic E-state index is 5.44. The first-order valence-electron chi connectivity index (χ1n) is 8.42. The maximum absolute atomic E-state index is 5.44. The van der Waals surface area contributed by atoms with E-state index in [0.717, 1.165) is 38.8 Å². The average molecular weight is 308 g/mol. The number of hydrogen-bond acceptors (Lipinski definition) is 4. The fraction of sp³-hybridized carbons (Fsp3) is 0.765. The van der Waals surface area contributed by atoms with Gasteiger partial charge in [0.05, 0.1) is 13.2 Å². The van der Waals surface area contributed by atoms with Crippen molar-refractivity contribution in [1.82, 2.24) is 10.2 Å². The molecule has 2 fully saturated rings. The third-order valence-corrected chi connectivity index (χ3v) is 5.78. The van der Waals surface area contributed by atoms with Crippen molar-refractivity contribution in [2.24, 2.45) is 5.92 Å². The summed E-state index contributed by atoms with van der Waals surface area (Å²) >= 11 is 1.91. The number of nitrogens with one attached hydrogen (secondary N) is 1. The largest absolute Gasteiger partial charge is 0.379 e. The van der Waals surface area contributed by atoms with Crippen molar-refractivity contribution in [3.8, 4) is 0 Å². The van der Waals surface area contributed by atoms with Crippen molar-refractivity contribution in [2.75, 3.05) is 32.8 Å². The minimum atomic E-state index is 0.538. The average Bonchev–Trinajstić information content (AvgIpc) is 3.19. The van der Waals surface area contributed by atoms with E-state index in [0.29, 0.717) is 12.1 Å². The lowest BCUT2D eigenvalue weighted by atomic mass is 9.96. The molecule has 0 aromatic carbocycles. The maximum Gasteiger partial charge on any atom is 0.0594 e. The Balaban J connectivity index is 1.58. The monoisotopic (exact) mass is 308 g/mol. The van der Waals surface area contributed by atoms with E-state index in [1.54, 1.807) is 0 Å². The Kier molecular flexibility index (Phi) is 5.69. The van der Waals surface area contributed by atoms with E-state index in [1.165, 1.54) is 30.6 Å². The molecule has 1 aliphatic carbocycles. The highest BCUT2D eigenvalue weighted by molar-refractivity contribution is 7.10. The molecular formula is C17H28N2OS. The second-order valence-electron chi connectivity index (χ2n) is 6.52. The molecule has 4 heteroatoms. The number of morpholine rings is 1. The molecule has 21 heavy (non-hydrogen) atoms. The Labute approximate surface area is 132 Å². The third kappa shape index (κ3) is 4.28. The van der Waals surface area contributed by atoms with Gasteiger partial charge in [-0.05, 0) is 37.1 Å². The third-order valence-electron chi connectivity index (χ3n) is 4.82. The molecule has 1 N–H and O–H groups in total. The van der Waals surface area contributed by atoms with Crippen LogP contribution < -0.4 is 5.32 Å². The summed E-state index contributed by atoms with van der Waals surface area (Å²) in [5.41, 5.74) is 0. The number of thiophene rings is 1. The highest BCUT2D eigenvalue weighted by Gasteiger charge is 2.28. The number of hydrogen-bond donors (Lipinski definition) is 1. The molecule has 2 aliphatic rings. The standard InChI is InChI=1S/C17H28N2OS/c1-14(13-19-8-10-20-11-9-19)18-17(15-5-2-3-6-15)16-7-4-12-21-16/h4,7,12,14-15,17-18H,2-3,5-6,8-11,13H2,1H3. The van der Waals surface area contributed by atoms with Crippen LogP contribution in [0.25, 0.3) is 0 Å². The van der Waals surface area contributed by atoms with Gasteiger partial charge in [0, 0.05) is 36.6 Å². The molecule has 1 aromatic rings. The van der Waals surface area contributed by atoms with Crippen LogP contribution in [-0.2, 0) is 4.74 Å². The van der Waals surface area contributed by atoms with Gasteiger partial charge in [0.2, 0.25) is 0 Å². The van der Waals surface area contributed by atoms with E-state index in [9.17, 15) is 0 Å². The highest BCUT2D eigenvalue weighted by Crippen LogP contribution is 2.37. The van der Waals surface area contributed by atoms with Crippen molar-refractivity contribution in [1.29, 1.82) is 0 Å². The van der Waals surface area contributed by atoms with Crippen LogP contribution in [0.1, 0.15) is 43.5 Å². The Morgan fingerprint density at radius 1 is 1.33 bits per heavy atom. The SMILES string of the molecule is CC(CN1CCOCC1)NC(c1cccs1)C1CCCC1. The summed E-state index contributed by atoms with van der Waals surface area (Å²) in [5, 5.41) is 6.15. The lowest BCUT2D eigenvalue weighted by Gasteiger charge is -2.33. The van der Waals surface area contributed by atoms with Gasteiger partial charge in [0.1, 0.15) is 0 Å². The van der Waals surface area contributed by atoms with Crippen LogP contribution in [0.15, 0.2) is 17.5 Å². The van der Waals surface area contributed by atoms with Crippen LogP contribution in [0, 0.1) is 5.92 Å². The fourth-order valence-electron chi connectivity index (χ4n) is 3.74. The van der Waals surface area contributed by atoms with Crippen molar-refractivity contribution in [3.63, 3.8) is 0 Å². The second kappa shape index (κ2) is 7.73. The Hall–Kier alpha value is -0.420. The van der Waals surface area contributed by atoms with Crippen LogP contribution >= 0.6 is 11.3 Å². The zero-order chi connectivity index (χ0) is 14.5. The van der Waals surface area contributed by atoms with Gasteiger partial charge in [-0.15, -0.1) is 11.3 Å². The predicted octanol–water partition coefficient (Wildman–Crippen LogP) is 3.29. The quantitative estimate of drug-likeness (QED) is 0.873. The molecule has 1 aliphatic heterocycles. The van der Waals surface area contributed by atoms with E-state index in [-0.39, 0.29) is 0 Å². The molecule has 0 spiro atoms. The van der Waals surface area contributed by atoms with Gasteiger partial charge in [-0.1, -0.05) is 18.9 Å². The summed E-state index contributed by atoms with van der Waals surface area (Å²) in [5.74, 6) is 0.829. The van der Waals surface area contributed by atoms with Crippen molar-refractivity contribution in [3.05, 3.63) is 22.4 Å². The highest BCUT2D eigenvalue weighted by atomic mass is 32.1. The summed E-state index contributed by atoms with van der Waals surface area (Å²) in [6, 6.07) is 5.60. The number of rotatable bonds is 6. The Morgan fingerprint density at radius 2 is 2.10 bits per heavy atom. The van der Waals surface area contributed by atoms with Crippen LogP contribution in [0.2, 0.25) is 0 Å². The molecule has 1 saturated heterocycles. The topological polar surface area (TPSA) is 24.5 Å². The molecule has 0 bridgehead atoms. The zero-order valence-electron chi connectivity index (χ0n) is 13.1. The smallest absolute Gasteiger partial charge is 0.0594 e. The van der Waals surface area contributed by atoms with Gasteiger partial charge < -0.3 is 10.1 Å². The molecule has 2 atom stereocenters. The number of nitrogens with zero attached hydrogens (tertiary/aromatic N) is 1. The van der Waals surface area contributed by atoms with Crippen molar-refractivity contribution >= 4 is 11.3 Å². The summed E-state index contributed by atoms with van der Waals surface area (Å²) in [7, 11) is 0.